The lowest BCUT2D eigenvalue weighted by molar-refractivity contribution is -0.110. The van der Waals surface area contributed by atoms with Gasteiger partial charge < -0.3 is 14.4 Å². The maximum absolute atomic E-state index is 12.6. The van der Waals surface area contributed by atoms with Gasteiger partial charge in [0.25, 0.3) is 0 Å². The van der Waals surface area contributed by atoms with Crippen LogP contribution in [0.25, 0.3) is 0 Å². The molecule has 220 valence electrons. The van der Waals surface area contributed by atoms with E-state index in [-0.39, 0.29) is 5.75 Å². The monoisotopic (exact) mass is 584 g/mol. The summed E-state index contributed by atoms with van der Waals surface area (Å²) >= 11 is 0. The van der Waals surface area contributed by atoms with Gasteiger partial charge in [0.05, 0.1) is 10.6 Å². The highest BCUT2D eigenvalue weighted by molar-refractivity contribution is 7.91. The molecule has 2 atom stereocenters. The topological polar surface area (TPSA) is 76.0 Å². The van der Waals surface area contributed by atoms with E-state index in [1.54, 1.807) is 30.3 Å². The van der Waals surface area contributed by atoms with Gasteiger partial charge >= 0.3 is 0 Å². The number of hydrogen-bond donors (Lipinski definition) is 0. The zero-order valence-electron chi connectivity index (χ0n) is 24.8. The SMILES string of the molecule is CC.CN(CCS(=O)(=O)c1ccccc1)Cc1ccccc1C1OC(c2ccccc2)=NC1C=O.Cc1ccccc1. The number of aliphatic imine (C=N–C) groups is 1. The summed E-state index contributed by atoms with van der Waals surface area (Å²) < 4.78 is 31.4. The van der Waals surface area contributed by atoms with Crippen molar-refractivity contribution in [1.29, 1.82) is 0 Å². The summed E-state index contributed by atoms with van der Waals surface area (Å²) in [5.41, 5.74) is 4.00. The molecule has 0 spiro atoms. The van der Waals surface area contributed by atoms with Crippen LogP contribution in [0, 0.1) is 6.92 Å². The van der Waals surface area contributed by atoms with Crippen molar-refractivity contribution in [3.8, 4) is 0 Å². The third-order valence-electron chi connectivity index (χ3n) is 6.56. The molecule has 1 heterocycles. The minimum Gasteiger partial charge on any atom is -0.466 e. The minimum atomic E-state index is -3.36. The molecule has 42 heavy (non-hydrogen) atoms. The Labute approximate surface area is 250 Å². The highest BCUT2D eigenvalue weighted by atomic mass is 32.2. The Morgan fingerprint density at radius 1 is 0.810 bits per heavy atom. The van der Waals surface area contributed by atoms with Crippen LogP contribution < -0.4 is 0 Å². The largest absolute Gasteiger partial charge is 0.466 e. The maximum atomic E-state index is 12.6. The van der Waals surface area contributed by atoms with Gasteiger partial charge in [-0.05, 0) is 49.4 Å². The molecule has 1 aliphatic rings. The molecule has 0 bridgehead atoms. The van der Waals surface area contributed by atoms with Crippen molar-refractivity contribution < 1.29 is 17.9 Å². The summed E-state index contributed by atoms with van der Waals surface area (Å²) in [5.74, 6) is 0.475. The fourth-order valence-corrected chi connectivity index (χ4v) is 5.74. The van der Waals surface area contributed by atoms with Gasteiger partial charge in [-0.3, -0.25) is 0 Å². The van der Waals surface area contributed by atoms with E-state index in [0.717, 1.165) is 23.0 Å². The molecule has 0 amide bonds. The Hall–Kier alpha value is -4.07. The second kappa shape index (κ2) is 16.4. The first-order valence-corrected chi connectivity index (χ1v) is 15.8. The molecule has 0 fully saturated rings. The second-order valence-electron chi connectivity index (χ2n) is 9.69. The second-order valence-corrected chi connectivity index (χ2v) is 11.8. The Balaban J connectivity index is 0.000000465. The predicted molar refractivity (Wildman–Crippen MR) is 170 cm³/mol. The molecule has 4 aromatic rings. The Kier molecular flexibility index (Phi) is 12.7. The van der Waals surface area contributed by atoms with Crippen LogP contribution in [0.2, 0.25) is 0 Å². The molecule has 0 aromatic heterocycles. The summed E-state index contributed by atoms with van der Waals surface area (Å²) in [6.07, 6.45) is 0.295. The van der Waals surface area contributed by atoms with Gasteiger partial charge in [-0.15, -0.1) is 0 Å². The van der Waals surface area contributed by atoms with E-state index >= 15 is 0 Å². The van der Waals surface area contributed by atoms with Gasteiger partial charge in [-0.1, -0.05) is 110 Å². The van der Waals surface area contributed by atoms with Crippen LogP contribution >= 0.6 is 0 Å². The summed E-state index contributed by atoms with van der Waals surface area (Å²) in [7, 11) is -1.47. The van der Waals surface area contributed by atoms with Crippen LogP contribution in [0.1, 0.15) is 42.2 Å². The molecule has 0 aliphatic carbocycles. The number of carbonyl (C=O) groups is 1. The van der Waals surface area contributed by atoms with Crippen LogP contribution in [-0.4, -0.2) is 50.9 Å². The van der Waals surface area contributed by atoms with Gasteiger partial charge in [-0.25, -0.2) is 13.4 Å². The Bertz CT molecular complexity index is 1510. The lowest BCUT2D eigenvalue weighted by Crippen LogP contribution is -2.27. The number of aldehydes is 1. The molecule has 1 aliphatic heterocycles. The number of aryl methyl sites for hydroxylation is 1. The van der Waals surface area contributed by atoms with Crippen molar-refractivity contribution in [2.24, 2.45) is 4.99 Å². The van der Waals surface area contributed by atoms with Gasteiger partial charge in [0.15, 0.2) is 22.0 Å². The number of benzene rings is 4. The van der Waals surface area contributed by atoms with Crippen LogP contribution in [0.3, 0.4) is 0 Å². The van der Waals surface area contributed by atoms with Gasteiger partial charge in [0.2, 0.25) is 5.90 Å². The lowest BCUT2D eigenvalue weighted by atomic mass is 9.98. The molecule has 7 heteroatoms. The summed E-state index contributed by atoms with van der Waals surface area (Å²) in [4.78, 5) is 18.6. The van der Waals surface area contributed by atoms with E-state index in [1.807, 2.05) is 98.6 Å². The fourth-order valence-electron chi connectivity index (χ4n) is 4.38. The van der Waals surface area contributed by atoms with E-state index in [4.69, 9.17) is 4.74 Å². The number of nitrogens with zero attached hydrogens (tertiary/aromatic N) is 2. The number of hydrogen-bond acceptors (Lipinski definition) is 6. The number of carbonyl (C=O) groups excluding carboxylic acids is 1. The van der Waals surface area contributed by atoms with Crippen LogP contribution in [-0.2, 0) is 25.9 Å². The highest BCUT2D eigenvalue weighted by Gasteiger charge is 2.34. The van der Waals surface area contributed by atoms with Crippen LogP contribution in [0.4, 0.5) is 0 Å². The van der Waals surface area contributed by atoms with E-state index < -0.39 is 22.0 Å². The summed E-state index contributed by atoms with van der Waals surface area (Å²) in [5, 5.41) is 0. The lowest BCUT2D eigenvalue weighted by Gasteiger charge is -2.22. The average Bonchev–Trinajstić information content (AvgIpc) is 3.47. The first-order chi connectivity index (χ1) is 20.4. The molecular weight excluding hydrogens is 544 g/mol. The maximum Gasteiger partial charge on any atom is 0.217 e. The average molecular weight is 585 g/mol. The molecule has 0 saturated carbocycles. The van der Waals surface area contributed by atoms with Gasteiger partial charge in [0, 0.05) is 18.7 Å². The zero-order chi connectivity index (χ0) is 30.4. The molecule has 5 rings (SSSR count). The molecule has 4 aromatic carbocycles. The predicted octanol–water partition coefficient (Wildman–Crippen LogP) is 6.70. The molecule has 2 unspecified atom stereocenters. The fraction of sp³-hybridized carbons (Fsp3) is 0.257. The Morgan fingerprint density at radius 2 is 1.36 bits per heavy atom. The van der Waals surface area contributed by atoms with Crippen molar-refractivity contribution in [3.05, 3.63) is 138 Å². The van der Waals surface area contributed by atoms with Crippen molar-refractivity contribution in [1.82, 2.24) is 4.90 Å². The summed E-state index contributed by atoms with van der Waals surface area (Å²) in [6, 6.07) is 35.4. The van der Waals surface area contributed by atoms with E-state index in [2.05, 4.69) is 24.0 Å². The van der Waals surface area contributed by atoms with Crippen LogP contribution in [0.15, 0.2) is 125 Å². The van der Waals surface area contributed by atoms with E-state index in [0.29, 0.717) is 23.9 Å². The normalized spacial score (nSPS) is 15.8. The number of rotatable bonds is 9. The molecular formula is C35H40N2O4S. The van der Waals surface area contributed by atoms with Crippen LogP contribution in [0.5, 0.6) is 0 Å². The van der Waals surface area contributed by atoms with E-state index in [1.165, 1.54) is 5.56 Å². The molecule has 0 N–H and O–H groups in total. The Morgan fingerprint density at radius 3 is 1.93 bits per heavy atom. The third-order valence-corrected chi connectivity index (χ3v) is 8.27. The van der Waals surface area contributed by atoms with E-state index in [9.17, 15) is 13.2 Å². The quantitative estimate of drug-likeness (QED) is 0.205. The molecule has 0 radical (unpaired) electrons. The van der Waals surface area contributed by atoms with Crippen molar-refractivity contribution in [3.63, 3.8) is 0 Å². The third kappa shape index (κ3) is 9.23. The van der Waals surface area contributed by atoms with Crippen molar-refractivity contribution in [2.45, 2.75) is 44.4 Å². The summed E-state index contributed by atoms with van der Waals surface area (Å²) in [6.45, 7) is 6.98. The molecule has 0 saturated heterocycles. The number of sulfone groups is 1. The molecule has 6 nitrogen and oxygen atoms in total. The number of ether oxygens (including phenoxy) is 1. The van der Waals surface area contributed by atoms with Crippen molar-refractivity contribution in [2.75, 3.05) is 19.3 Å². The van der Waals surface area contributed by atoms with Gasteiger partial charge in [0.1, 0.15) is 6.29 Å². The van der Waals surface area contributed by atoms with Gasteiger partial charge in [-0.2, -0.15) is 0 Å². The van der Waals surface area contributed by atoms with Crippen molar-refractivity contribution >= 4 is 22.0 Å². The first-order valence-electron chi connectivity index (χ1n) is 14.2. The minimum absolute atomic E-state index is 0.0217. The highest BCUT2D eigenvalue weighted by Crippen LogP contribution is 2.32. The standard InChI is InChI=1S/C26H26N2O4S.C7H8.C2H6/c1-28(16-17-33(30,31)22-13-6-3-7-14-22)18-21-12-8-9-15-23(21)25-24(19-29)27-26(32-25)20-10-4-2-5-11-20;1-7-5-3-2-4-6-7;1-2/h2-15,19,24-25H,16-18H2,1H3;2-6H,1H3;1-2H3. The first kappa shape index (κ1) is 32.4. The smallest absolute Gasteiger partial charge is 0.217 e. The zero-order valence-corrected chi connectivity index (χ0v) is 25.6.